The van der Waals surface area contributed by atoms with E-state index in [1.807, 2.05) is 0 Å². The van der Waals surface area contributed by atoms with E-state index in [1.165, 1.54) is 83.1 Å². The monoisotopic (exact) mass is 577 g/mol. The predicted octanol–water partition coefficient (Wildman–Crippen LogP) is 12.1. The largest absolute Gasteiger partial charge is 0.309 e. The highest BCUT2D eigenvalue weighted by Crippen LogP contribution is 2.59. The lowest BCUT2D eigenvalue weighted by atomic mass is 9.80. The maximum atomic E-state index is 2.56. The molecule has 216 valence electrons. The van der Waals surface area contributed by atoms with Crippen LogP contribution in [0.2, 0.25) is 0 Å². The minimum Gasteiger partial charge on any atom is -0.309 e. The molecule has 0 saturated heterocycles. The van der Waals surface area contributed by atoms with Crippen LogP contribution in [0.5, 0.6) is 0 Å². The van der Waals surface area contributed by atoms with Crippen molar-refractivity contribution < 1.29 is 0 Å². The molecule has 0 unspecified atom stereocenters. The van der Waals surface area contributed by atoms with Gasteiger partial charge in [0.05, 0.1) is 11.4 Å². The quantitative estimate of drug-likeness (QED) is 0.202. The summed E-state index contributed by atoms with van der Waals surface area (Å²) < 4.78 is 0. The van der Waals surface area contributed by atoms with E-state index in [-0.39, 0.29) is 10.8 Å². The van der Waals surface area contributed by atoms with Gasteiger partial charge >= 0.3 is 0 Å². The molecule has 0 heterocycles. The molecule has 1 heteroatoms. The second-order valence-corrected chi connectivity index (χ2v) is 13.8. The van der Waals surface area contributed by atoms with E-state index in [2.05, 4.69) is 172 Å². The van der Waals surface area contributed by atoms with Gasteiger partial charge < -0.3 is 4.90 Å². The van der Waals surface area contributed by atoms with Gasteiger partial charge in [-0.25, -0.2) is 0 Å². The molecule has 9 rings (SSSR count). The highest BCUT2D eigenvalue weighted by molar-refractivity contribution is 6.08. The molecule has 2 aliphatic carbocycles. The Morgan fingerprint density at radius 2 is 1.02 bits per heavy atom. The Kier molecular flexibility index (Phi) is 5.37. The molecule has 1 nitrogen and oxygen atoms in total. The zero-order valence-electron chi connectivity index (χ0n) is 26.2. The van der Waals surface area contributed by atoms with Crippen molar-refractivity contribution in [2.75, 3.05) is 4.90 Å². The number of nitrogens with zero attached hydrogens (tertiary/aromatic N) is 1. The Hall–Kier alpha value is -5.14. The van der Waals surface area contributed by atoms with Gasteiger partial charge in [0.1, 0.15) is 0 Å². The van der Waals surface area contributed by atoms with Crippen LogP contribution in [0.25, 0.3) is 43.8 Å². The lowest BCUT2D eigenvalue weighted by Gasteiger charge is -2.32. The van der Waals surface area contributed by atoms with Crippen LogP contribution < -0.4 is 4.90 Å². The highest BCUT2D eigenvalue weighted by Gasteiger charge is 2.41. The number of hydrogen-bond donors (Lipinski definition) is 0. The van der Waals surface area contributed by atoms with Crippen LogP contribution in [0.3, 0.4) is 0 Å². The van der Waals surface area contributed by atoms with E-state index in [0.29, 0.717) is 0 Å². The zero-order chi connectivity index (χ0) is 30.5. The van der Waals surface area contributed by atoms with E-state index in [1.54, 1.807) is 0 Å². The molecule has 0 atom stereocenters. The minimum atomic E-state index is -0.135. The molecular weight excluding hydrogens is 542 g/mol. The Bertz CT molecular complexity index is 2340. The standard InChI is InChI=1S/C44H35N/c1-43(2)35-20-11-9-18-33(35)40-37(43)22-13-23-38(40)45(31-25-24-28-14-5-6-15-29(28)26-31)39-27-30-16-7-8-17-32(30)42-41(39)34-19-10-12-21-36(34)44(42,3)4/h5-27H,1-4H3. The molecule has 0 aromatic heterocycles. The van der Waals surface area contributed by atoms with Crippen LogP contribution in [0, 0.1) is 0 Å². The summed E-state index contributed by atoms with van der Waals surface area (Å²) in [5, 5.41) is 5.10. The van der Waals surface area contributed by atoms with Gasteiger partial charge in [-0.2, -0.15) is 0 Å². The third-order valence-corrected chi connectivity index (χ3v) is 10.6. The summed E-state index contributed by atoms with van der Waals surface area (Å²) in [6, 6.07) is 52.0. The summed E-state index contributed by atoms with van der Waals surface area (Å²) in [7, 11) is 0. The van der Waals surface area contributed by atoms with Crippen molar-refractivity contribution >= 4 is 38.6 Å². The molecule has 0 aliphatic heterocycles. The molecule has 0 spiro atoms. The summed E-state index contributed by atoms with van der Waals surface area (Å²) in [5.74, 6) is 0. The number of benzene rings is 7. The van der Waals surface area contributed by atoms with E-state index >= 15 is 0 Å². The SMILES string of the molecule is CC1(C)c2ccccc2-c2c(N(c3ccc4ccccc4c3)c3cc4ccccc4c4c3-c3ccccc3C4(C)C)cccc21. The normalized spacial score (nSPS) is 15.0. The van der Waals surface area contributed by atoms with Crippen molar-refractivity contribution in [3.63, 3.8) is 0 Å². The third kappa shape index (κ3) is 3.56. The first-order chi connectivity index (χ1) is 21.9. The van der Waals surface area contributed by atoms with Gasteiger partial charge in [0, 0.05) is 27.6 Å². The molecule has 45 heavy (non-hydrogen) atoms. The van der Waals surface area contributed by atoms with Crippen molar-refractivity contribution in [3.05, 3.63) is 162 Å². The maximum absolute atomic E-state index is 2.56. The van der Waals surface area contributed by atoms with E-state index in [4.69, 9.17) is 0 Å². The van der Waals surface area contributed by atoms with Gasteiger partial charge in [-0.15, -0.1) is 0 Å². The van der Waals surface area contributed by atoms with E-state index in [0.717, 1.165) is 0 Å². The average molecular weight is 578 g/mol. The molecule has 2 aliphatic rings. The molecule has 0 radical (unpaired) electrons. The van der Waals surface area contributed by atoms with Gasteiger partial charge in [0.15, 0.2) is 0 Å². The molecule has 0 amide bonds. The first kappa shape index (κ1) is 26.3. The highest BCUT2D eigenvalue weighted by atomic mass is 15.1. The lowest BCUT2D eigenvalue weighted by molar-refractivity contribution is 0.660. The van der Waals surface area contributed by atoms with E-state index < -0.39 is 0 Å². The molecule has 0 fully saturated rings. The summed E-state index contributed by atoms with van der Waals surface area (Å²) in [4.78, 5) is 2.56. The molecule has 0 bridgehead atoms. The molecule has 7 aromatic carbocycles. The fourth-order valence-corrected chi connectivity index (χ4v) is 8.46. The van der Waals surface area contributed by atoms with Crippen LogP contribution in [-0.2, 0) is 10.8 Å². The number of rotatable bonds is 3. The van der Waals surface area contributed by atoms with Gasteiger partial charge in [0.2, 0.25) is 0 Å². The Morgan fingerprint density at radius 1 is 0.422 bits per heavy atom. The van der Waals surface area contributed by atoms with Crippen molar-refractivity contribution in [1.82, 2.24) is 0 Å². The minimum absolute atomic E-state index is 0.0864. The summed E-state index contributed by atoms with van der Waals surface area (Å²) >= 11 is 0. The van der Waals surface area contributed by atoms with Gasteiger partial charge in [0.25, 0.3) is 0 Å². The Balaban J connectivity index is 1.44. The molecule has 0 saturated carbocycles. The Labute approximate surface area is 265 Å². The molecule has 7 aromatic rings. The predicted molar refractivity (Wildman–Crippen MR) is 191 cm³/mol. The molecular formula is C44H35N. The van der Waals surface area contributed by atoms with Crippen LogP contribution in [0.15, 0.2) is 140 Å². The zero-order valence-corrected chi connectivity index (χ0v) is 26.2. The number of anilines is 3. The second-order valence-electron chi connectivity index (χ2n) is 13.8. The first-order valence-corrected chi connectivity index (χ1v) is 16.0. The summed E-state index contributed by atoms with van der Waals surface area (Å²) in [6.07, 6.45) is 0. The van der Waals surface area contributed by atoms with Crippen molar-refractivity contribution in [1.29, 1.82) is 0 Å². The maximum Gasteiger partial charge on any atom is 0.0549 e. The van der Waals surface area contributed by atoms with Gasteiger partial charge in [-0.3, -0.25) is 0 Å². The van der Waals surface area contributed by atoms with Crippen LogP contribution in [-0.4, -0.2) is 0 Å². The first-order valence-electron chi connectivity index (χ1n) is 16.0. The van der Waals surface area contributed by atoms with Crippen LogP contribution >= 0.6 is 0 Å². The fraction of sp³-hybridized carbons (Fsp3) is 0.136. The number of fused-ring (bicyclic) bond motifs is 9. The van der Waals surface area contributed by atoms with Crippen LogP contribution in [0.4, 0.5) is 17.1 Å². The fourth-order valence-electron chi connectivity index (χ4n) is 8.46. The Morgan fingerprint density at radius 3 is 1.80 bits per heavy atom. The van der Waals surface area contributed by atoms with Gasteiger partial charge in [-0.1, -0.05) is 143 Å². The topological polar surface area (TPSA) is 3.24 Å². The van der Waals surface area contributed by atoms with Crippen molar-refractivity contribution in [2.45, 2.75) is 38.5 Å². The average Bonchev–Trinajstić information content (AvgIpc) is 3.46. The third-order valence-electron chi connectivity index (χ3n) is 10.6. The van der Waals surface area contributed by atoms with Crippen molar-refractivity contribution in [2.24, 2.45) is 0 Å². The summed E-state index contributed by atoms with van der Waals surface area (Å²) in [6.45, 7) is 9.53. The van der Waals surface area contributed by atoms with Crippen LogP contribution in [0.1, 0.15) is 49.9 Å². The molecule has 0 N–H and O–H groups in total. The van der Waals surface area contributed by atoms with Gasteiger partial charge in [-0.05, 0) is 79.2 Å². The van der Waals surface area contributed by atoms with E-state index in [9.17, 15) is 0 Å². The number of hydrogen-bond acceptors (Lipinski definition) is 1. The summed E-state index contributed by atoms with van der Waals surface area (Å²) in [5.41, 5.74) is 14.3. The second kappa shape index (κ2) is 9.19. The van der Waals surface area contributed by atoms with Crippen molar-refractivity contribution in [3.8, 4) is 22.3 Å². The smallest absolute Gasteiger partial charge is 0.0549 e. The lowest BCUT2D eigenvalue weighted by Crippen LogP contribution is -2.17.